The number of sulfonamides is 1. The number of nitrogens with two attached hydrogens (primary N) is 1. The molecule has 2 N–H and O–H groups in total. The molecule has 2 heterocycles. The first kappa shape index (κ1) is 15.9. The van der Waals surface area contributed by atoms with E-state index in [9.17, 15) is 12.8 Å². The maximum atomic E-state index is 14.0. The summed E-state index contributed by atoms with van der Waals surface area (Å²) >= 11 is 5.95. The Morgan fingerprint density at radius 3 is 2.87 bits per heavy atom. The normalized spacial score (nSPS) is 14.5. The largest absolute Gasteiger partial charge is 0.486 e. The molecule has 0 unspecified atom stereocenters. The molecule has 2 aromatic rings. The van der Waals surface area contributed by atoms with E-state index in [4.69, 9.17) is 22.1 Å². The molecule has 0 aliphatic carbocycles. The number of benzene rings is 1. The Morgan fingerprint density at radius 1 is 1.48 bits per heavy atom. The second-order valence-electron chi connectivity index (χ2n) is 4.92. The van der Waals surface area contributed by atoms with Gasteiger partial charge in [0.25, 0.3) is 10.0 Å². The zero-order valence-corrected chi connectivity index (χ0v) is 13.7. The summed E-state index contributed by atoms with van der Waals surface area (Å²) in [5.41, 5.74) is 5.77. The summed E-state index contributed by atoms with van der Waals surface area (Å²) in [5.74, 6) is -0.858. The van der Waals surface area contributed by atoms with Crippen LogP contribution in [0.2, 0.25) is 5.15 Å². The molecule has 0 spiro atoms. The fourth-order valence-corrected chi connectivity index (χ4v) is 4.26. The van der Waals surface area contributed by atoms with E-state index in [2.05, 4.69) is 5.10 Å². The van der Waals surface area contributed by atoms with Gasteiger partial charge >= 0.3 is 0 Å². The summed E-state index contributed by atoms with van der Waals surface area (Å²) in [6.07, 6.45) is 1.34. The van der Waals surface area contributed by atoms with Crippen molar-refractivity contribution in [3.05, 3.63) is 29.3 Å². The van der Waals surface area contributed by atoms with Gasteiger partial charge in [-0.2, -0.15) is 5.10 Å². The molecular formula is C13H14ClFN4O3S. The van der Waals surface area contributed by atoms with Gasteiger partial charge in [0.2, 0.25) is 0 Å². The van der Waals surface area contributed by atoms with Gasteiger partial charge in [-0.3, -0.25) is 8.99 Å². The Hall–Kier alpha value is -2.00. The molecule has 0 saturated heterocycles. The zero-order chi connectivity index (χ0) is 16.8. The Labute approximate surface area is 137 Å². The Kier molecular flexibility index (Phi) is 3.85. The van der Waals surface area contributed by atoms with Gasteiger partial charge in [-0.25, -0.2) is 12.8 Å². The summed E-state index contributed by atoms with van der Waals surface area (Å²) in [6.45, 7) is 2.31. The molecule has 0 saturated carbocycles. The summed E-state index contributed by atoms with van der Waals surface area (Å²) < 4.78 is 47.4. The molecule has 0 atom stereocenters. The number of anilines is 2. The van der Waals surface area contributed by atoms with Gasteiger partial charge in [0.15, 0.2) is 16.7 Å². The van der Waals surface area contributed by atoms with Crippen molar-refractivity contribution in [3.63, 3.8) is 0 Å². The van der Waals surface area contributed by atoms with Crippen molar-refractivity contribution in [3.8, 4) is 5.75 Å². The second-order valence-corrected chi connectivity index (χ2v) is 7.11. The molecule has 124 valence electrons. The predicted octanol–water partition coefficient (Wildman–Crippen LogP) is 1.87. The van der Waals surface area contributed by atoms with Crippen LogP contribution in [0.25, 0.3) is 0 Å². The van der Waals surface area contributed by atoms with Crippen LogP contribution in [-0.2, 0) is 16.6 Å². The van der Waals surface area contributed by atoms with Crippen LogP contribution in [0.15, 0.2) is 23.2 Å². The molecule has 1 aliphatic heterocycles. The lowest BCUT2D eigenvalue weighted by atomic mass is 10.2. The van der Waals surface area contributed by atoms with Gasteiger partial charge in [0, 0.05) is 24.5 Å². The summed E-state index contributed by atoms with van der Waals surface area (Å²) in [7, 11) is -4.01. The Morgan fingerprint density at radius 2 is 2.22 bits per heavy atom. The van der Waals surface area contributed by atoms with E-state index in [1.807, 2.05) is 0 Å². The molecule has 7 nitrogen and oxygen atoms in total. The highest BCUT2D eigenvalue weighted by atomic mass is 35.5. The number of ether oxygens (including phenoxy) is 1. The van der Waals surface area contributed by atoms with E-state index in [1.165, 1.54) is 16.9 Å². The topological polar surface area (TPSA) is 90.5 Å². The van der Waals surface area contributed by atoms with Crippen LogP contribution >= 0.6 is 11.6 Å². The van der Waals surface area contributed by atoms with Crippen LogP contribution in [0.4, 0.5) is 15.8 Å². The predicted molar refractivity (Wildman–Crippen MR) is 83.8 cm³/mol. The highest BCUT2D eigenvalue weighted by Crippen LogP contribution is 2.39. The zero-order valence-electron chi connectivity index (χ0n) is 12.2. The lowest BCUT2D eigenvalue weighted by molar-refractivity contribution is 0.299. The maximum Gasteiger partial charge on any atom is 0.269 e. The average molecular weight is 361 g/mol. The van der Waals surface area contributed by atoms with Crippen molar-refractivity contribution in [1.29, 1.82) is 0 Å². The highest BCUT2D eigenvalue weighted by Gasteiger charge is 2.34. The minimum atomic E-state index is -4.01. The molecular weight excluding hydrogens is 347 g/mol. The smallest absolute Gasteiger partial charge is 0.269 e. The van der Waals surface area contributed by atoms with Gasteiger partial charge in [-0.15, -0.1) is 0 Å². The maximum absolute atomic E-state index is 14.0. The number of hydrogen-bond acceptors (Lipinski definition) is 5. The standard InChI is InChI=1S/C13H14ClFN4O3S/c1-2-18-7-11(13(14)17-18)23(20,21)19-3-4-22-12-9(15)5-8(16)6-10(12)19/h5-7H,2-4,16H2,1H3. The molecule has 23 heavy (non-hydrogen) atoms. The van der Waals surface area contributed by atoms with Crippen LogP contribution in [0.5, 0.6) is 5.75 Å². The molecule has 0 bridgehead atoms. The Bertz CT molecular complexity index is 868. The van der Waals surface area contributed by atoms with Crippen LogP contribution in [0.3, 0.4) is 0 Å². The van der Waals surface area contributed by atoms with Crippen molar-refractivity contribution in [2.45, 2.75) is 18.4 Å². The van der Waals surface area contributed by atoms with Gasteiger partial charge in [0.05, 0.1) is 12.2 Å². The second kappa shape index (κ2) is 5.57. The number of nitrogen functional groups attached to an aromatic ring is 1. The number of hydrogen-bond donors (Lipinski definition) is 1. The lowest BCUT2D eigenvalue weighted by Gasteiger charge is -2.30. The first-order chi connectivity index (χ1) is 10.8. The van der Waals surface area contributed by atoms with Gasteiger partial charge < -0.3 is 10.5 Å². The number of aryl methyl sites for hydroxylation is 1. The number of nitrogens with zero attached hydrogens (tertiary/aromatic N) is 3. The van der Waals surface area contributed by atoms with Crippen LogP contribution in [0.1, 0.15) is 6.92 Å². The van der Waals surface area contributed by atoms with E-state index in [1.54, 1.807) is 6.92 Å². The number of fused-ring (bicyclic) bond motifs is 1. The van der Waals surface area contributed by atoms with Gasteiger partial charge in [-0.1, -0.05) is 11.6 Å². The average Bonchev–Trinajstić information content (AvgIpc) is 2.88. The van der Waals surface area contributed by atoms with E-state index in [-0.39, 0.29) is 40.3 Å². The third-order valence-corrected chi connectivity index (χ3v) is 5.64. The number of halogens is 2. The summed E-state index contributed by atoms with van der Waals surface area (Å²) in [6, 6.07) is 2.43. The quantitative estimate of drug-likeness (QED) is 0.844. The molecule has 3 rings (SSSR count). The molecule has 1 aromatic carbocycles. The van der Waals surface area contributed by atoms with Crippen LogP contribution < -0.4 is 14.8 Å². The Balaban J connectivity index is 2.14. The van der Waals surface area contributed by atoms with Crippen molar-refractivity contribution < 1.29 is 17.5 Å². The fourth-order valence-electron chi connectivity index (χ4n) is 2.36. The molecule has 0 amide bonds. The number of rotatable bonds is 3. The van der Waals surface area contributed by atoms with Gasteiger partial charge in [0.1, 0.15) is 11.5 Å². The van der Waals surface area contributed by atoms with E-state index in [0.29, 0.717) is 6.54 Å². The van der Waals surface area contributed by atoms with Gasteiger partial charge in [-0.05, 0) is 13.0 Å². The minimum Gasteiger partial charge on any atom is -0.486 e. The third kappa shape index (κ3) is 2.59. The monoisotopic (exact) mass is 360 g/mol. The molecule has 10 heteroatoms. The first-order valence-corrected chi connectivity index (χ1v) is 8.64. The SMILES string of the molecule is CCn1cc(S(=O)(=O)N2CCOc3c(F)cc(N)cc32)c(Cl)n1. The van der Waals surface area contributed by atoms with E-state index >= 15 is 0 Å². The fraction of sp³-hybridized carbons (Fsp3) is 0.308. The molecule has 0 fully saturated rings. The molecule has 1 aromatic heterocycles. The van der Waals surface area contributed by atoms with Crippen molar-refractivity contribution in [2.75, 3.05) is 23.2 Å². The van der Waals surface area contributed by atoms with Crippen molar-refractivity contribution in [2.24, 2.45) is 0 Å². The van der Waals surface area contributed by atoms with E-state index in [0.717, 1.165) is 10.4 Å². The molecule has 0 radical (unpaired) electrons. The minimum absolute atomic E-state index is 0.0197. The van der Waals surface area contributed by atoms with Crippen molar-refractivity contribution in [1.82, 2.24) is 9.78 Å². The highest BCUT2D eigenvalue weighted by molar-refractivity contribution is 7.93. The van der Waals surface area contributed by atoms with Crippen LogP contribution in [-0.4, -0.2) is 31.3 Å². The lowest BCUT2D eigenvalue weighted by Crippen LogP contribution is -2.38. The molecule has 1 aliphatic rings. The summed E-state index contributed by atoms with van der Waals surface area (Å²) in [4.78, 5) is -0.142. The first-order valence-electron chi connectivity index (χ1n) is 6.82. The van der Waals surface area contributed by atoms with E-state index < -0.39 is 15.8 Å². The summed E-state index contributed by atoms with van der Waals surface area (Å²) in [5, 5.41) is 3.79. The van der Waals surface area contributed by atoms with Crippen molar-refractivity contribution >= 4 is 33.0 Å². The number of aromatic nitrogens is 2. The third-order valence-electron chi connectivity index (χ3n) is 3.43. The van der Waals surface area contributed by atoms with Crippen LogP contribution in [0, 0.1) is 5.82 Å².